The molecule has 3 nitrogen and oxygen atoms in total. The van der Waals surface area contributed by atoms with Crippen LogP contribution >= 0.6 is 45.9 Å². The van der Waals surface area contributed by atoms with Gasteiger partial charge in [-0.2, -0.15) is 11.3 Å². The highest BCUT2D eigenvalue weighted by molar-refractivity contribution is 7.09. The van der Waals surface area contributed by atoms with E-state index < -0.39 is 0 Å². The van der Waals surface area contributed by atoms with E-state index in [2.05, 4.69) is 62.8 Å². The van der Waals surface area contributed by atoms with Gasteiger partial charge in [-0.05, 0) is 65.0 Å². The molecule has 1 unspecified atom stereocenters. The minimum atomic E-state index is -0.00558. The molecule has 6 aromatic rings. The van der Waals surface area contributed by atoms with E-state index >= 15 is 0 Å². The fraction of sp³-hybridized carbons (Fsp3) is 0.0370. The van der Waals surface area contributed by atoms with Gasteiger partial charge in [-0.15, -0.1) is 11.3 Å². The number of aromatic nitrogens is 3. The zero-order chi connectivity index (χ0) is 23.1. The lowest BCUT2D eigenvalue weighted by Crippen LogP contribution is -2.04. The number of halogens is 2. The first-order valence-electron chi connectivity index (χ1n) is 10.6. The summed E-state index contributed by atoms with van der Waals surface area (Å²) >= 11 is 15.9. The number of fused-ring (bicyclic) bond motifs is 1. The van der Waals surface area contributed by atoms with Crippen molar-refractivity contribution in [2.75, 3.05) is 0 Å². The van der Waals surface area contributed by atoms with Crippen LogP contribution in [0.2, 0.25) is 10.0 Å². The van der Waals surface area contributed by atoms with Gasteiger partial charge in [0, 0.05) is 38.3 Å². The van der Waals surface area contributed by atoms with Gasteiger partial charge in [-0.1, -0.05) is 47.5 Å². The van der Waals surface area contributed by atoms with Crippen LogP contribution in [0, 0.1) is 0 Å². The second-order valence-corrected chi connectivity index (χ2v) is 10.4. The van der Waals surface area contributed by atoms with Crippen molar-refractivity contribution >= 4 is 56.9 Å². The van der Waals surface area contributed by atoms with Gasteiger partial charge < -0.3 is 0 Å². The monoisotopic (exact) mass is 517 g/mol. The van der Waals surface area contributed by atoms with Gasteiger partial charge in [0.15, 0.2) is 0 Å². The third-order valence-electron chi connectivity index (χ3n) is 5.76. The quantitative estimate of drug-likeness (QED) is 0.229. The lowest BCUT2D eigenvalue weighted by atomic mass is 9.91. The molecule has 0 bridgehead atoms. The van der Waals surface area contributed by atoms with Crippen LogP contribution in [0.25, 0.3) is 28.1 Å². The third-order valence-corrected chi connectivity index (χ3v) is 7.77. The number of thiazole rings is 1. The fourth-order valence-corrected chi connectivity index (χ4v) is 5.98. The molecule has 3 aromatic carbocycles. The Balaban J connectivity index is 1.60. The van der Waals surface area contributed by atoms with E-state index in [1.54, 1.807) is 22.7 Å². The van der Waals surface area contributed by atoms with Crippen LogP contribution in [0.3, 0.4) is 0 Å². The molecule has 3 aromatic heterocycles. The smallest absolute Gasteiger partial charge is 0.146 e. The molecule has 0 aliphatic heterocycles. The van der Waals surface area contributed by atoms with E-state index in [1.165, 1.54) is 0 Å². The van der Waals surface area contributed by atoms with Gasteiger partial charge in [-0.3, -0.25) is 4.57 Å². The molecule has 1 atom stereocenters. The normalized spacial score (nSPS) is 12.3. The molecule has 0 amide bonds. The molecular weight excluding hydrogens is 501 g/mol. The van der Waals surface area contributed by atoms with Crippen LogP contribution in [0.15, 0.2) is 95.1 Å². The first kappa shape index (κ1) is 21.6. The maximum absolute atomic E-state index is 6.38. The number of hydrogen-bond donors (Lipinski definition) is 0. The summed E-state index contributed by atoms with van der Waals surface area (Å²) < 4.78 is 2.19. The average molecular weight is 518 g/mol. The Kier molecular flexibility index (Phi) is 5.71. The van der Waals surface area contributed by atoms with Crippen LogP contribution in [-0.4, -0.2) is 14.5 Å². The zero-order valence-corrected chi connectivity index (χ0v) is 20.9. The minimum Gasteiger partial charge on any atom is -0.292 e. The van der Waals surface area contributed by atoms with Crippen molar-refractivity contribution in [2.45, 2.75) is 5.92 Å². The molecule has 0 N–H and O–H groups in total. The van der Waals surface area contributed by atoms with Gasteiger partial charge in [0.1, 0.15) is 10.8 Å². The maximum Gasteiger partial charge on any atom is 0.146 e. The molecule has 34 heavy (non-hydrogen) atoms. The summed E-state index contributed by atoms with van der Waals surface area (Å²) in [5.41, 5.74) is 6.30. The van der Waals surface area contributed by atoms with Gasteiger partial charge in [-0.25, -0.2) is 9.97 Å². The van der Waals surface area contributed by atoms with Crippen LogP contribution in [0.5, 0.6) is 0 Å². The largest absolute Gasteiger partial charge is 0.292 e. The SMILES string of the molecule is Clc1ccc(C(c2ccc3nc(-c4ccsc4)n(-c4cccc(Cl)c4)c3c2)c2nccs2)cc1. The lowest BCUT2D eigenvalue weighted by molar-refractivity contribution is 0.956. The Bertz CT molecular complexity index is 1570. The summed E-state index contributed by atoms with van der Waals surface area (Å²) in [6, 6.07) is 24.5. The standard InChI is InChI=1S/C27H17Cl2N3S2/c28-20-7-4-17(5-8-20)25(27-30-11-13-34-27)18-6-9-23-24(14-18)32(22-3-1-2-21(29)15-22)26(31-23)19-10-12-33-16-19/h1-16,25H. The minimum absolute atomic E-state index is 0.00558. The Hall–Kier alpha value is -2.96. The molecule has 0 radical (unpaired) electrons. The van der Waals surface area contributed by atoms with Crippen LogP contribution in [0.1, 0.15) is 22.1 Å². The molecule has 0 saturated heterocycles. The molecule has 7 heteroatoms. The third kappa shape index (κ3) is 3.95. The summed E-state index contributed by atoms with van der Waals surface area (Å²) in [6.45, 7) is 0. The number of rotatable bonds is 5. The van der Waals surface area contributed by atoms with E-state index in [0.717, 1.165) is 49.3 Å². The molecule has 3 heterocycles. The summed E-state index contributed by atoms with van der Waals surface area (Å²) in [5.74, 6) is 0.891. The number of benzene rings is 3. The number of imidazole rings is 1. The topological polar surface area (TPSA) is 30.7 Å². The van der Waals surface area contributed by atoms with Crippen LogP contribution in [-0.2, 0) is 0 Å². The Morgan fingerprint density at radius 3 is 2.41 bits per heavy atom. The summed E-state index contributed by atoms with van der Waals surface area (Å²) in [7, 11) is 0. The van der Waals surface area contributed by atoms with Gasteiger partial charge in [0.2, 0.25) is 0 Å². The van der Waals surface area contributed by atoms with Crippen molar-refractivity contribution in [3.8, 4) is 17.1 Å². The van der Waals surface area contributed by atoms with Crippen LogP contribution in [0.4, 0.5) is 0 Å². The number of hydrogen-bond acceptors (Lipinski definition) is 4. The second-order valence-electron chi connectivity index (χ2n) is 7.87. The summed E-state index contributed by atoms with van der Waals surface area (Å²) in [4.78, 5) is 9.66. The van der Waals surface area contributed by atoms with Crippen molar-refractivity contribution < 1.29 is 0 Å². The maximum atomic E-state index is 6.38. The first-order valence-corrected chi connectivity index (χ1v) is 13.2. The highest BCUT2D eigenvalue weighted by atomic mass is 35.5. The van der Waals surface area contributed by atoms with Crippen molar-refractivity contribution in [2.24, 2.45) is 0 Å². The predicted molar refractivity (Wildman–Crippen MR) is 144 cm³/mol. The van der Waals surface area contributed by atoms with E-state index in [-0.39, 0.29) is 5.92 Å². The fourth-order valence-electron chi connectivity index (χ4n) is 4.24. The first-order chi connectivity index (χ1) is 16.7. The molecule has 0 fully saturated rings. The van der Waals surface area contributed by atoms with Gasteiger partial charge in [0.05, 0.1) is 17.0 Å². The molecule has 0 aliphatic carbocycles. The Labute approximate surface area is 214 Å². The molecule has 0 aliphatic rings. The molecule has 0 saturated carbocycles. The van der Waals surface area contributed by atoms with Gasteiger partial charge >= 0.3 is 0 Å². The molecule has 6 rings (SSSR count). The van der Waals surface area contributed by atoms with Crippen molar-refractivity contribution in [3.05, 3.63) is 121 Å². The summed E-state index contributed by atoms with van der Waals surface area (Å²) in [5, 5.41) is 8.65. The Morgan fingerprint density at radius 1 is 0.824 bits per heavy atom. The average Bonchev–Trinajstić information content (AvgIpc) is 3.61. The highest BCUT2D eigenvalue weighted by Gasteiger charge is 2.22. The predicted octanol–water partition coefficient (Wildman–Crippen LogP) is 8.70. The zero-order valence-electron chi connectivity index (χ0n) is 17.7. The van der Waals surface area contributed by atoms with E-state index in [0.29, 0.717) is 5.02 Å². The van der Waals surface area contributed by atoms with Crippen molar-refractivity contribution in [1.29, 1.82) is 0 Å². The Morgan fingerprint density at radius 2 is 1.68 bits per heavy atom. The van der Waals surface area contributed by atoms with Crippen molar-refractivity contribution in [3.63, 3.8) is 0 Å². The van der Waals surface area contributed by atoms with E-state index in [4.69, 9.17) is 28.2 Å². The van der Waals surface area contributed by atoms with Crippen LogP contribution < -0.4 is 0 Å². The summed E-state index contributed by atoms with van der Waals surface area (Å²) in [6.07, 6.45) is 1.85. The molecule has 0 spiro atoms. The van der Waals surface area contributed by atoms with E-state index in [1.807, 2.05) is 41.9 Å². The lowest BCUT2D eigenvalue weighted by Gasteiger charge is -2.17. The molecule has 166 valence electrons. The highest BCUT2D eigenvalue weighted by Crippen LogP contribution is 2.37. The van der Waals surface area contributed by atoms with E-state index in [9.17, 15) is 0 Å². The molecular formula is C27H17Cl2N3S2. The van der Waals surface area contributed by atoms with Crippen molar-refractivity contribution in [1.82, 2.24) is 14.5 Å². The second kappa shape index (κ2) is 9.01. The number of nitrogens with zero attached hydrogens (tertiary/aromatic N) is 3. The number of thiophene rings is 1. The van der Waals surface area contributed by atoms with Gasteiger partial charge in [0.25, 0.3) is 0 Å².